The van der Waals surface area contributed by atoms with Gasteiger partial charge in [-0.25, -0.2) is 0 Å². The summed E-state index contributed by atoms with van der Waals surface area (Å²) in [5.41, 5.74) is 4.29. The molecule has 1 aliphatic rings. The van der Waals surface area contributed by atoms with Crippen molar-refractivity contribution in [3.63, 3.8) is 0 Å². The minimum absolute atomic E-state index is 0.0227. The van der Waals surface area contributed by atoms with E-state index in [1.54, 1.807) is 7.11 Å². The zero-order valence-electron chi connectivity index (χ0n) is 13.4. The number of rotatable bonds is 3. The molecule has 1 unspecified atom stereocenters. The molecule has 22 heavy (non-hydrogen) atoms. The molecule has 0 saturated heterocycles. The van der Waals surface area contributed by atoms with Gasteiger partial charge >= 0.3 is 0 Å². The standard InChI is InChI=1S/C19H21IO2/c1-18(2)12-19(3,13-5-7-14(22-20)8-6-13)16-10-9-15(21-4)11-17(16)18/h5-11H,12H2,1-4H3. The van der Waals surface area contributed by atoms with E-state index in [0.717, 1.165) is 17.9 Å². The molecule has 0 N–H and O–H groups in total. The topological polar surface area (TPSA) is 18.5 Å². The largest absolute Gasteiger partial charge is 0.497 e. The number of hydrogen-bond acceptors (Lipinski definition) is 2. The molecule has 0 radical (unpaired) electrons. The molecule has 3 heteroatoms. The summed E-state index contributed by atoms with van der Waals surface area (Å²) < 4.78 is 10.7. The van der Waals surface area contributed by atoms with Crippen molar-refractivity contribution in [3.8, 4) is 11.5 Å². The van der Waals surface area contributed by atoms with Crippen LogP contribution in [0.5, 0.6) is 11.5 Å². The third kappa shape index (κ3) is 2.39. The minimum atomic E-state index is 0.0227. The van der Waals surface area contributed by atoms with Crippen molar-refractivity contribution in [2.24, 2.45) is 0 Å². The Hall–Kier alpha value is -1.23. The monoisotopic (exact) mass is 408 g/mol. The molecular weight excluding hydrogens is 387 g/mol. The van der Waals surface area contributed by atoms with Crippen LogP contribution in [0.3, 0.4) is 0 Å². The quantitative estimate of drug-likeness (QED) is 0.633. The molecule has 3 rings (SSSR count). The molecule has 1 atom stereocenters. The second-order valence-electron chi connectivity index (χ2n) is 6.91. The maximum absolute atomic E-state index is 5.42. The van der Waals surface area contributed by atoms with Gasteiger partial charge in [0.2, 0.25) is 0 Å². The van der Waals surface area contributed by atoms with Gasteiger partial charge in [0.05, 0.1) is 7.11 Å². The van der Waals surface area contributed by atoms with Crippen LogP contribution in [0.1, 0.15) is 43.9 Å². The van der Waals surface area contributed by atoms with E-state index >= 15 is 0 Å². The van der Waals surface area contributed by atoms with Crippen molar-refractivity contribution < 1.29 is 7.80 Å². The van der Waals surface area contributed by atoms with Crippen molar-refractivity contribution in [3.05, 3.63) is 59.2 Å². The van der Waals surface area contributed by atoms with Crippen molar-refractivity contribution in [2.45, 2.75) is 38.0 Å². The van der Waals surface area contributed by atoms with Gasteiger partial charge in [-0.2, -0.15) is 0 Å². The highest BCUT2D eigenvalue weighted by Gasteiger charge is 2.45. The summed E-state index contributed by atoms with van der Waals surface area (Å²) in [7, 11) is 1.73. The maximum Gasteiger partial charge on any atom is 0.192 e. The summed E-state index contributed by atoms with van der Waals surface area (Å²) in [5.74, 6) is 1.82. The molecule has 0 saturated carbocycles. The summed E-state index contributed by atoms with van der Waals surface area (Å²) in [6.07, 6.45) is 1.09. The normalized spacial score (nSPS) is 22.2. The molecule has 0 amide bonds. The summed E-state index contributed by atoms with van der Waals surface area (Å²) in [4.78, 5) is 0. The fourth-order valence-corrected chi connectivity index (χ4v) is 4.19. The van der Waals surface area contributed by atoms with Gasteiger partial charge in [0.1, 0.15) is 11.5 Å². The van der Waals surface area contributed by atoms with Crippen LogP contribution in [-0.2, 0) is 10.8 Å². The summed E-state index contributed by atoms with van der Waals surface area (Å²) in [6, 6.07) is 14.9. The Labute approximate surface area is 146 Å². The summed E-state index contributed by atoms with van der Waals surface area (Å²) >= 11 is 1.92. The minimum Gasteiger partial charge on any atom is -0.497 e. The van der Waals surface area contributed by atoms with Crippen molar-refractivity contribution in [1.82, 2.24) is 0 Å². The summed E-state index contributed by atoms with van der Waals surface area (Å²) in [5, 5.41) is 0. The number of benzene rings is 2. The lowest BCUT2D eigenvalue weighted by molar-refractivity contribution is 0.410. The fraction of sp³-hybridized carbons (Fsp3) is 0.368. The molecular formula is C19H21IO2. The van der Waals surface area contributed by atoms with Crippen LogP contribution < -0.4 is 7.80 Å². The Morgan fingerprint density at radius 2 is 1.55 bits per heavy atom. The molecule has 0 fully saturated rings. The predicted octanol–water partition coefficient (Wildman–Crippen LogP) is 5.41. The van der Waals surface area contributed by atoms with Gasteiger partial charge in [0, 0.05) is 5.41 Å². The van der Waals surface area contributed by atoms with Gasteiger partial charge in [0.15, 0.2) is 23.0 Å². The Morgan fingerprint density at radius 1 is 0.909 bits per heavy atom. The average Bonchev–Trinajstić information content (AvgIpc) is 2.74. The van der Waals surface area contributed by atoms with Crippen LogP contribution in [0.2, 0.25) is 0 Å². The van der Waals surface area contributed by atoms with E-state index in [4.69, 9.17) is 7.80 Å². The second kappa shape index (κ2) is 5.44. The van der Waals surface area contributed by atoms with Crippen LogP contribution in [0.15, 0.2) is 42.5 Å². The third-order valence-electron chi connectivity index (χ3n) is 4.93. The molecule has 0 heterocycles. The van der Waals surface area contributed by atoms with Gasteiger partial charge in [-0.15, -0.1) is 0 Å². The highest BCUT2D eigenvalue weighted by molar-refractivity contribution is 14.1. The third-order valence-corrected chi connectivity index (χ3v) is 5.43. The lowest BCUT2D eigenvalue weighted by Crippen LogP contribution is -2.23. The first kappa shape index (κ1) is 15.7. The number of methoxy groups -OCH3 is 1. The van der Waals surface area contributed by atoms with E-state index in [2.05, 4.69) is 51.1 Å². The van der Waals surface area contributed by atoms with Gasteiger partial charge in [-0.1, -0.05) is 39.0 Å². The van der Waals surface area contributed by atoms with E-state index in [1.807, 2.05) is 35.1 Å². The smallest absolute Gasteiger partial charge is 0.192 e. The predicted molar refractivity (Wildman–Crippen MR) is 98.2 cm³/mol. The zero-order valence-corrected chi connectivity index (χ0v) is 15.6. The Bertz CT molecular complexity index is 691. The highest BCUT2D eigenvalue weighted by Crippen LogP contribution is 2.53. The first-order valence-electron chi connectivity index (χ1n) is 7.49. The van der Waals surface area contributed by atoms with E-state index in [9.17, 15) is 0 Å². The molecule has 2 aromatic carbocycles. The Morgan fingerprint density at radius 3 is 2.14 bits per heavy atom. The van der Waals surface area contributed by atoms with E-state index in [-0.39, 0.29) is 10.8 Å². The van der Waals surface area contributed by atoms with Gasteiger partial charge in [0.25, 0.3) is 0 Å². The second-order valence-corrected chi connectivity index (χ2v) is 7.35. The SMILES string of the molecule is COc1ccc2c(c1)C(C)(C)CC2(C)c1ccc(OI)cc1. The number of hydrogen-bond donors (Lipinski definition) is 0. The first-order valence-corrected chi connectivity index (χ1v) is 8.37. The highest BCUT2D eigenvalue weighted by atomic mass is 127. The molecule has 0 aromatic heterocycles. The van der Waals surface area contributed by atoms with Crippen LogP contribution in [0.25, 0.3) is 0 Å². The van der Waals surface area contributed by atoms with E-state index in [1.165, 1.54) is 16.7 Å². The lowest BCUT2D eigenvalue weighted by Gasteiger charge is -2.28. The van der Waals surface area contributed by atoms with Crippen LogP contribution in [0.4, 0.5) is 0 Å². The van der Waals surface area contributed by atoms with E-state index in [0.29, 0.717) is 0 Å². The Balaban J connectivity index is 2.13. The van der Waals surface area contributed by atoms with E-state index < -0.39 is 0 Å². The first-order chi connectivity index (χ1) is 10.4. The number of halogens is 1. The van der Waals surface area contributed by atoms with Crippen LogP contribution in [-0.4, -0.2) is 7.11 Å². The molecule has 2 nitrogen and oxygen atoms in total. The molecule has 1 aliphatic carbocycles. The number of fused-ring (bicyclic) bond motifs is 1. The number of ether oxygens (including phenoxy) is 1. The lowest BCUT2D eigenvalue weighted by atomic mass is 9.75. The van der Waals surface area contributed by atoms with Crippen molar-refractivity contribution >= 4 is 23.0 Å². The van der Waals surface area contributed by atoms with Crippen LogP contribution in [0, 0.1) is 0 Å². The van der Waals surface area contributed by atoms with Crippen molar-refractivity contribution in [2.75, 3.05) is 7.11 Å². The molecule has 0 aliphatic heterocycles. The molecule has 0 bridgehead atoms. The fourth-order valence-electron chi connectivity index (χ4n) is 3.90. The summed E-state index contributed by atoms with van der Waals surface area (Å²) in [6.45, 7) is 6.98. The molecule has 0 spiro atoms. The van der Waals surface area contributed by atoms with Crippen molar-refractivity contribution in [1.29, 1.82) is 0 Å². The average molecular weight is 408 g/mol. The maximum atomic E-state index is 5.42. The molecule has 116 valence electrons. The van der Waals surface area contributed by atoms with Gasteiger partial charge < -0.3 is 7.80 Å². The molecule has 2 aromatic rings. The zero-order chi connectivity index (χ0) is 16.0. The Kier molecular flexibility index (Phi) is 3.87. The van der Waals surface area contributed by atoms with Gasteiger partial charge in [-0.05, 0) is 52.8 Å². The van der Waals surface area contributed by atoms with Crippen LogP contribution >= 0.6 is 23.0 Å². The van der Waals surface area contributed by atoms with Gasteiger partial charge in [-0.3, -0.25) is 0 Å².